The molecule has 1 fully saturated rings. The molecule has 0 radical (unpaired) electrons. The molecule has 3 amide bonds. The summed E-state index contributed by atoms with van der Waals surface area (Å²) in [6, 6.07) is 14.8. The molecule has 1 heterocycles. The SMILES string of the molecule is COCCCOc1cc(C(=O)N(C[C@H]2CN(C(=O)OC(C)(C)C)C[C@@H]2CN(C(=O)Cc2ccccc2)C(C)C)C(C)C)ccc1OC. The van der Waals surface area contributed by atoms with Gasteiger partial charge in [0.25, 0.3) is 5.91 Å². The molecular weight excluding hydrogens is 598 g/mol. The lowest BCUT2D eigenvalue weighted by atomic mass is 9.93. The molecule has 10 nitrogen and oxygen atoms in total. The van der Waals surface area contributed by atoms with Crippen molar-refractivity contribution in [3.05, 3.63) is 59.7 Å². The highest BCUT2D eigenvalue weighted by Crippen LogP contribution is 2.32. The van der Waals surface area contributed by atoms with E-state index in [0.717, 1.165) is 5.56 Å². The van der Waals surface area contributed by atoms with Gasteiger partial charge in [-0.3, -0.25) is 9.59 Å². The van der Waals surface area contributed by atoms with Gasteiger partial charge in [0.2, 0.25) is 5.91 Å². The normalized spacial score (nSPS) is 16.4. The van der Waals surface area contributed by atoms with Crippen LogP contribution in [0.1, 0.15) is 70.8 Å². The van der Waals surface area contributed by atoms with Crippen LogP contribution in [-0.2, 0) is 20.7 Å². The molecule has 0 N–H and O–H groups in total. The zero-order valence-corrected chi connectivity index (χ0v) is 29.8. The van der Waals surface area contributed by atoms with Crippen LogP contribution in [0.25, 0.3) is 0 Å². The van der Waals surface area contributed by atoms with Crippen LogP contribution < -0.4 is 9.47 Å². The molecule has 1 aliphatic rings. The summed E-state index contributed by atoms with van der Waals surface area (Å²) in [6.07, 6.45) is 0.620. The lowest BCUT2D eigenvalue weighted by Crippen LogP contribution is -2.46. The Kier molecular flexibility index (Phi) is 13.9. The molecule has 0 saturated carbocycles. The van der Waals surface area contributed by atoms with E-state index in [-0.39, 0.29) is 41.8 Å². The van der Waals surface area contributed by atoms with Crippen molar-refractivity contribution in [1.29, 1.82) is 0 Å². The highest BCUT2D eigenvalue weighted by atomic mass is 16.6. The standard InChI is InChI=1S/C37H55N3O7/c1-26(2)39(34(41)20-28-14-11-10-12-15-28)24-30-22-38(36(43)47-37(5,6)7)23-31(30)25-40(27(3)4)35(42)29-16-17-32(45-9)33(21-29)46-19-13-18-44-8/h10-12,14-17,21,26-27,30-31H,13,18-20,22-25H2,1-9H3/t30-,31-/m1/s1. The van der Waals surface area contributed by atoms with E-state index < -0.39 is 5.60 Å². The van der Waals surface area contributed by atoms with E-state index in [1.165, 1.54) is 0 Å². The van der Waals surface area contributed by atoms with Crippen molar-refractivity contribution < 1.29 is 33.3 Å². The van der Waals surface area contributed by atoms with Crippen molar-refractivity contribution >= 4 is 17.9 Å². The lowest BCUT2D eigenvalue weighted by molar-refractivity contribution is -0.133. The number of nitrogens with zero attached hydrogens (tertiary/aromatic N) is 3. The Labute approximate surface area is 281 Å². The van der Waals surface area contributed by atoms with E-state index in [1.807, 2.05) is 88.6 Å². The fourth-order valence-corrected chi connectivity index (χ4v) is 5.81. The number of amides is 3. The second-order valence-electron chi connectivity index (χ2n) is 13.8. The summed E-state index contributed by atoms with van der Waals surface area (Å²) in [5.41, 5.74) is 0.805. The molecule has 0 aromatic heterocycles. The number of benzene rings is 2. The molecule has 0 aliphatic carbocycles. The number of hydrogen-bond acceptors (Lipinski definition) is 7. The maximum atomic E-state index is 14.1. The van der Waals surface area contributed by atoms with Gasteiger partial charge in [-0.25, -0.2) is 4.79 Å². The van der Waals surface area contributed by atoms with Gasteiger partial charge in [-0.2, -0.15) is 0 Å². The minimum Gasteiger partial charge on any atom is -0.493 e. The summed E-state index contributed by atoms with van der Waals surface area (Å²) < 4.78 is 22.3. The summed E-state index contributed by atoms with van der Waals surface area (Å²) >= 11 is 0. The smallest absolute Gasteiger partial charge is 0.410 e. The number of carbonyl (C=O) groups is 3. The van der Waals surface area contributed by atoms with Crippen LogP contribution >= 0.6 is 0 Å². The van der Waals surface area contributed by atoms with Gasteiger partial charge in [0.15, 0.2) is 11.5 Å². The van der Waals surface area contributed by atoms with Crippen LogP contribution in [0.4, 0.5) is 4.79 Å². The number of likely N-dealkylation sites (tertiary alicyclic amines) is 1. The highest BCUT2D eigenvalue weighted by molar-refractivity contribution is 5.95. The minimum atomic E-state index is -0.641. The number of rotatable bonds is 15. The lowest BCUT2D eigenvalue weighted by Gasteiger charge is -2.34. The van der Waals surface area contributed by atoms with Crippen molar-refractivity contribution in [2.75, 3.05) is 53.6 Å². The Hall–Kier alpha value is -3.79. The molecule has 0 unspecified atom stereocenters. The summed E-state index contributed by atoms with van der Waals surface area (Å²) in [7, 11) is 3.21. The maximum Gasteiger partial charge on any atom is 0.410 e. The van der Waals surface area contributed by atoms with Gasteiger partial charge >= 0.3 is 6.09 Å². The van der Waals surface area contributed by atoms with Crippen molar-refractivity contribution in [3.8, 4) is 11.5 Å². The second kappa shape index (κ2) is 17.4. The molecule has 10 heteroatoms. The Balaban J connectivity index is 1.87. The first-order chi connectivity index (χ1) is 22.2. The summed E-state index contributed by atoms with van der Waals surface area (Å²) in [5, 5.41) is 0. The van der Waals surface area contributed by atoms with Crippen LogP contribution in [-0.4, -0.2) is 104 Å². The van der Waals surface area contributed by atoms with Crippen molar-refractivity contribution in [2.45, 2.75) is 79.0 Å². The van der Waals surface area contributed by atoms with Crippen molar-refractivity contribution in [2.24, 2.45) is 11.8 Å². The van der Waals surface area contributed by atoms with E-state index in [0.29, 0.717) is 69.3 Å². The van der Waals surface area contributed by atoms with E-state index in [9.17, 15) is 14.4 Å². The van der Waals surface area contributed by atoms with Crippen LogP contribution in [0.15, 0.2) is 48.5 Å². The molecule has 0 spiro atoms. The van der Waals surface area contributed by atoms with Crippen LogP contribution in [0.5, 0.6) is 11.5 Å². The van der Waals surface area contributed by atoms with Gasteiger partial charge in [0, 0.05) is 75.8 Å². The first kappa shape index (κ1) is 37.7. The van der Waals surface area contributed by atoms with Gasteiger partial charge in [-0.15, -0.1) is 0 Å². The number of methoxy groups -OCH3 is 2. The average molecular weight is 654 g/mol. The molecule has 0 bridgehead atoms. The van der Waals surface area contributed by atoms with Gasteiger partial charge in [0.05, 0.1) is 20.1 Å². The van der Waals surface area contributed by atoms with Crippen LogP contribution in [0, 0.1) is 11.8 Å². The largest absolute Gasteiger partial charge is 0.493 e. The third-order valence-corrected chi connectivity index (χ3v) is 8.28. The average Bonchev–Trinajstić information content (AvgIpc) is 3.42. The van der Waals surface area contributed by atoms with Crippen LogP contribution in [0.3, 0.4) is 0 Å². The molecule has 2 aromatic rings. The number of hydrogen-bond donors (Lipinski definition) is 0. The molecule has 2 aromatic carbocycles. The second-order valence-corrected chi connectivity index (χ2v) is 13.8. The highest BCUT2D eigenvalue weighted by Gasteiger charge is 2.41. The molecule has 2 atom stereocenters. The summed E-state index contributed by atoms with van der Waals surface area (Å²) in [5.74, 6) is 0.802. The Morgan fingerprint density at radius 1 is 0.851 bits per heavy atom. The monoisotopic (exact) mass is 653 g/mol. The fourth-order valence-electron chi connectivity index (χ4n) is 5.81. The van der Waals surface area contributed by atoms with Crippen LogP contribution in [0.2, 0.25) is 0 Å². The topological polar surface area (TPSA) is 97.9 Å². The first-order valence-corrected chi connectivity index (χ1v) is 16.7. The predicted molar refractivity (Wildman–Crippen MR) is 183 cm³/mol. The molecular formula is C37H55N3O7. The van der Waals surface area contributed by atoms with E-state index in [2.05, 4.69) is 0 Å². The minimum absolute atomic E-state index is 0.0353. The Morgan fingerprint density at radius 2 is 1.47 bits per heavy atom. The third kappa shape index (κ3) is 11.2. The number of ether oxygens (including phenoxy) is 4. The Bertz CT molecular complexity index is 1310. The Morgan fingerprint density at radius 3 is 2.02 bits per heavy atom. The molecule has 260 valence electrons. The summed E-state index contributed by atoms with van der Waals surface area (Å²) in [4.78, 5) is 46.4. The van der Waals surface area contributed by atoms with Gasteiger partial charge in [-0.1, -0.05) is 30.3 Å². The van der Waals surface area contributed by atoms with Gasteiger partial charge in [0.1, 0.15) is 5.60 Å². The third-order valence-electron chi connectivity index (χ3n) is 8.28. The van der Waals surface area contributed by atoms with Gasteiger partial charge in [-0.05, 0) is 72.2 Å². The van der Waals surface area contributed by atoms with E-state index in [4.69, 9.17) is 18.9 Å². The molecule has 47 heavy (non-hydrogen) atoms. The molecule has 1 saturated heterocycles. The van der Waals surface area contributed by atoms with Gasteiger partial charge < -0.3 is 33.6 Å². The first-order valence-electron chi connectivity index (χ1n) is 16.7. The van der Waals surface area contributed by atoms with E-state index >= 15 is 0 Å². The zero-order valence-electron chi connectivity index (χ0n) is 29.8. The maximum absolute atomic E-state index is 14.1. The quantitative estimate of drug-likeness (QED) is 0.220. The zero-order chi connectivity index (χ0) is 34.7. The molecule has 1 aliphatic heterocycles. The fraction of sp³-hybridized carbons (Fsp3) is 0.595. The van der Waals surface area contributed by atoms with Crippen molar-refractivity contribution in [1.82, 2.24) is 14.7 Å². The number of carbonyl (C=O) groups excluding carboxylic acids is 3. The predicted octanol–water partition coefficient (Wildman–Crippen LogP) is 5.92. The van der Waals surface area contributed by atoms with E-state index in [1.54, 1.807) is 37.3 Å². The van der Waals surface area contributed by atoms with Crippen molar-refractivity contribution in [3.63, 3.8) is 0 Å². The summed E-state index contributed by atoms with van der Waals surface area (Å²) in [6.45, 7) is 16.3. The molecule has 3 rings (SSSR count).